The van der Waals surface area contributed by atoms with Crippen LogP contribution in [0.5, 0.6) is 0 Å². The Labute approximate surface area is 71.4 Å². The van der Waals surface area contributed by atoms with Crippen LogP contribution in [0.1, 0.15) is 0 Å². The fraction of sp³-hybridized carbons (Fsp3) is 0.833. The molecule has 0 aromatic rings. The number of Topliss-reactive ketones (excluding diaryl/α,β-unsaturated/α-hetero) is 1. The fourth-order valence-corrected chi connectivity index (χ4v) is 2.73. The Kier molecular flexibility index (Phi) is 3.96. The van der Waals surface area contributed by atoms with Gasteiger partial charge in [-0.15, -0.1) is 0 Å². The first-order valence-electron chi connectivity index (χ1n) is 3.03. The molecule has 0 aliphatic rings. The number of alkyl halides is 1. The average molecular weight is 256 g/mol. The van der Waals surface area contributed by atoms with Gasteiger partial charge in [-0.2, -0.15) is 0 Å². The number of halogens is 1. The van der Waals surface area contributed by atoms with Crippen LogP contribution in [-0.2, 0) is 4.79 Å². The lowest BCUT2D eigenvalue weighted by atomic mass is 10.5. The molecule has 0 radical (unpaired) electrons. The Hall–Kier alpha value is 0.617. The van der Waals surface area contributed by atoms with Crippen LogP contribution in [-0.4, -0.2) is 18.3 Å². The molecule has 9 heavy (non-hydrogen) atoms. The summed E-state index contributed by atoms with van der Waals surface area (Å²) in [6, 6.07) is 0.843. The van der Waals surface area contributed by atoms with E-state index >= 15 is 0 Å². The molecule has 0 aliphatic carbocycles. The van der Waals surface area contributed by atoms with Crippen molar-refractivity contribution in [3.05, 3.63) is 0 Å². The van der Waals surface area contributed by atoms with Crippen LogP contribution >= 0.6 is 22.6 Å². The molecule has 0 aliphatic heterocycles. The Morgan fingerprint density at radius 1 is 1.44 bits per heavy atom. The molecule has 54 valence electrons. The molecule has 0 saturated carbocycles. The highest BCUT2D eigenvalue weighted by Crippen LogP contribution is 2.08. The van der Waals surface area contributed by atoms with Crippen molar-refractivity contribution >= 4 is 36.4 Å². The molecule has 0 rings (SSSR count). The van der Waals surface area contributed by atoms with E-state index in [0.29, 0.717) is 10.2 Å². The molecule has 0 saturated heterocycles. The quantitative estimate of drug-likeness (QED) is 0.430. The van der Waals surface area contributed by atoms with Gasteiger partial charge in [0.25, 0.3) is 0 Å². The molecule has 1 nitrogen and oxygen atoms in total. The van der Waals surface area contributed by atoms with Gasteiger partial charge >= 0.3 is 0 Å². The lowest BCUT2D eigenvalue weighted by molar-refractivity contribution is -0.114. The predicted molar refractivity (Wildman–Crippen MR) is 52.0 cm³/mol. The SMILES string of the molecule is C[Si](C)(C)CC(=O)CI. The summed E-state index contributed by atoms with van der Waals surface area (Å²) in [5, 5.41) is 0. The van der Waals surface area contributed by atoms with Gasteiger partial charge in [-0.3, -0.25) is 4.79 Å². The second-order valence-corrected chi connectivity index (χ2v) is 9.65. The van der Waals surface area contributed by atoms with Crippen LogP contribution in [0, 0.1) is 0 Å². The van der Waals surface area contributed by atoms with E-state index in [0.717, 1.165) is 6.04 Å². The van der Waals surface area contributed by atoms with Crippen LogP contribution in [0.25, 0.3) is 0 Å². The van der Waals surface area contributed by atoms with E-state index in [1.165, 1.54) is 0 Å². The van der Waals surface area contributed by atoms with Crippen molar-refractivity contribution in [1.29, 1.82) is 0 Å². The maximum Gasteiger partial charge on any atom is 0.139 e. The van der Waals surface area contributed by atoms with Gasteiger partial charge in [0.05, 0.1) is 12.5 Å². The second kappa shape index (κ2) is 3.70. The number of ketones is 1. The first-order valence-corrected chi connectivity index (χ1v) is 8.26. The summed E-state index contributed by atoms with van der Waals surface area (Å²) < 4.78 is 0.683. The molecule has 0 spiro atoms. The van der Waals surface area contributed by atoms with Gasteiger partial charge in [-0.1, -0.05) is 42.2 Å². The van der Waals surface area contributed by atoms with Crippen molar-refractivity contribution < 1.29 is 4.79 Å². The normalized spacial score (nSPS) is 11.6. The minimum absolute atomic E-state index is 0.412. The number of rotatable bonds is 3. The van der Waals surface area contributed by atoms with Crippen molar-refractivity contribution in [2.75, 3.05) is 4.43 Å². The molecule has 0 unspecified atom stereocenters. The van der Waals surface area contributed by atoms with Crippen molar-refractivity contribution in [3.63, 3.8) is 0 Å². The maximum atomic E-state index is 10.9. The van der Waals surface area contributed by atoms with E-state index in [9.17, 15) is 4.79 Å². The van der Waals surface area contributed by atoms with Crippen LogP contribution in [0.15, 0.2) is 0 Å². The van der Waals surface area contributed by atoms with E-state index < -0.39 is 8.07 Å². The summed E-state index contributed by atoms with van der Waals surface area (Å²) in [6.07, 6.45) is 0. The summed E-state index contributed by atoms with van der Waals surface area (Å²) in [6.45, 7) is 6.66. The molecular weight excluding hydrogens is 243 g/mol. The van der Waals surface area contributed by atoms with Crippen LogP contribution in [0.4, 0.5) is 0 Å². The summed E-state index contributed by atoms with van der Waals surface area (Å²) in [5.41, 5.74) is 0. The zero-order chi connectivity index (χ0) is 7.49. The van der Waals surface area contributed by atoms with Crippen molar-refractivity contribution in [3.8, 4) is 0 Å². The highest BCUT2D eigenvalue weighted by molar-refractivity contribution is 14.1. The third-order valence-electron chi connectivity index (χ3n) is 0.877. The molecule has 0 bridgehead atoms. The maximum absolute atomic E-state index is 10.9. The molecule has 0 N–H and O–H groups in total. The topological polar surface area (TPSA) is 17.1 Å². The first-order chi connectivity index (χ1) is 3.95. The molecule has 0 heterocycles. The zero-order valence-electron chi connectivity index (χ0n) is 6.20. The predicted octanol–water partition coefficient (Wildman–Crippen LogP) is 2.33. The number of hydrogen-bond donors (Lipinski definition) is 0. The summed E-state index contributed by atoms with van der Waals surface area (Å²) >= 11 is 2.13. The number of hydrogen-bond acceptors (Lipinski definition) is 1. The first kappa shape index (κ1) is 9.62. The standard InChI is InChI=1S/C6H13IOSi/c1-9(2,3)5-6(8)4-7/h4-5H2,1-3H3. The summed E-state index contributed by atoms with van der Waals surface area (Å²) in [5.74, 6) is 0.412. The molecule has 0 aromatic heterocycles. The van der Waals surface area contributed by atoms with E-state index in [1.54, 1.807) is 0 Å². The van der Waals surface area contributed by atoms with Gasteiger partial charge in [0, 0.05) is 6.04 Å². The molecule has 0 fully saturated rings. The fourth-order valence-electron chi connectivity index (χ4n) is 0.639. The van der Waals surface area contributed by atoms with Gasteiger partial charge in [0.15, 0.2) is 0 Å². The van der Waals surface area contributed by atoms with Crippen LogP contribution in [0.2, 0.25) is 25.7 Å². The van der Waals surface area contributed by atoms with Crippen molar-refractivity contribution in [2.24, 2.45) is 0 Å². The average Bonchev–Trinajstić information content (AvgIpc) is 1.62. The molecule has 3 heteroatoms. The molecule has 0 amide bonds. The lowest BCUT2D eigenvalue weighted by Crippen LogP contribution is -2.24. The largest absolute Gasteiger partial charge is 0.299 e. The minimum Gasteiger partial charge on any atom is -0.299 e. The van der Waals surface area contributed by atoms with Gasteiger partial charge in [-0.25, -0.2) is 0 Å². The Morgan fingerprint density at radius 2 is 1.89 bits per heavy atom. The molecule has 0 atom stereocenters. The third kappa shape index (κ3) is 6.50. The minimum atomic E-state index is -1.10. The van der Waals surface area contributed by atoms with Gasteiger partial charge in [0.2, 0.25) is 0 Å². The lowest BCUT2D eigenvalue weighted by Gasteiger charge is -2.12. The van der Waals surface area contributed by atoms with Crippen molar-refractivity contribution in [2.45, 2.75) is 25.7 Å². The molecular formula is C6H13IOSi. The zero-order valence-corrected chi connectivity index (χ0v) is 9.36. The van der Waals surface area contributed by atoms with Gasteiger partial charge in [-0.05, 0) is 0 Å². The van der Waals surface area contributed by atoms with E-state index in [1.807, 2.05) is 0 Å². The van der Waals surface area contributed by atoms with Crippen molar-refractivity contribution in [1.82, 2.24) is 0 Å². The Bertz CT molecular complexity index is 106. The number of carbonyl (C=O) groups is 1. The highest BCUT2D eigenvalue weighted by Gasteiger charge is 2.16. The Morgan fingerprint density at radius 3 is 2.00 bits per heavy atom. The van der Waals surface area contributed by atoms with E-state index in [4.69, 9.17) is 0 Å². The van der Waals surface area contributed by atoms with E-state index in [-0.39, 0.29) is 0 Å². The summed E-state index contributed by atoms with van der Waals surface area (Å²) in [4.78, 5) is 10.9. The van der Waals surface area contributed by atoms with Gasteiger partial charge < -0.3 is 0 Å². The molecule has 0 aromatic carbocycles. The van der Waals surface area contributed by atoms with Gasteiger partial charge in [0.1, 0.15) is 5.78 Å². The monoisotopic (exact) mass is 256 g/mol. The third-order valence-corrected chi connectivity index (χ3v) is 3.18. The van der Waals surface area contributed by atoms with Crippen LogP contribution in [0.3, 0.4) is 0 Å². The van der Waals surface area contributed by atoms with Crippen LogP contribution < -0.4 is 0 Å². The summed E-state index contributed by atoms with van der Waals surface area (Å²) in [7, 11) is -1.10. The smallest absolute Gasteiger partial charge is 0.139 e. The van der Waals surface area contributed by atoms with E-state index in [2.05, 4.69) is 42.2 Å². The Balaban J connectivity index is 3.60. The second-order valence-electron chi connectivity index (χ2n) is 3.41. The number of carbonyl (C=O) groups excluding carboxylic acids is 1. The highest BCUT2D eigenvalue weighted by atomic mass is 127.